The summed E-state index contributed by atoms with van der Waals surface area (Å²) in [7, 11) is 0. The van der Waals surface area contributed by atoms with Crippen LogP contribution in [0.3, 0.4) is 0 Å². The molecule has 1 aliphatic carbocycles. The van der Waals surface area contributed by atoms with Crippen LogP contribution in [0, 0.1) is 19.8 Å². The number of hydrogen-bond donors (Lipinski definition) is 1. The van der Waals surface area contributed by atoms with Gasteiger partial charge in [-0.1, -0.05) is 18.3 Å². The summed E-state index contributed by atoms with van der Waals surface area (Å²) in [6, 6.07) is 2.74. The monoisotopic (exact) mass is 275 g/mol. The van der Waals surface area contributed by atoms with Crippen LogP contribution in [0.15, 0.2) is 6.07 Å². The molecule has 0 aliphatic heterocycles. The first-order valence-corrected chi connectivity index (χ1v) is 7.95. The molecule has 2 heterocycles. The van der Waals surface area contributed by atoms with Crippen LogP contribution in [0.5, 0.6) is 0 Å². The molecular formula is C15H21N3S. The summed E-state index contributed by atoms with van der Waals surface area (Å²) < 4.78 is 0. The van der Waals surface area contributed by atoms with E-state index in [1.807, 2.05) is 6.92 Å². The second kappa shape index (κ2) is 5.08. The summed E-state index contributed by atoms with van der Waals surface area (Å²) in [6.45, 7) is 6.46. The Balaban J connectivity index is 1.87. The summed E-state index contributed by atoms with van der Waals surface area (Å²) >= 11 is 1.68. The highest BCUT2D eigenvalue weighted by Crippen LogP contribution is 2.31. The highest BCUT2D eigenvalue weighted by Gasteiger charge is 2.19. The first-order valence-electron chi connectivity index (χ1n) is 7.13. The molecule has 0 atom stereocenters. The topological polar surface area (TPSA) is 37.8 Å². The fraction of sp³-hybridized carbons (Fsp3) is 0.600. The maximum absolute atomic E-state index is 4.63. The van der Waals surface area contributed by atoms with Crippen molar-refractivity contribution in [2.45, 2.75) is 52.5 Å². The molecule has 0 spiro atoms. The molecule has 102 valence electrons. The van der Waals surface area contributed by atoms with Crippen LogP contribution < -0.4 is 5.32 Å². The van der Waals surface area contributed by atoms with E-state index in [1.165, 1.54) is 31.4 Å². The van der Waals surface area contributed by atoms with Crippen molar-refractivity contribution in [1.82, 2.24) is 9.97 Å². The summed E-state index contributed by atoms with van der Waals surface area (Å²) in [4.78, 5) is 10.3. The van der Waals surface area contributed by atoms with Gasteiger partial charge < -0.3 is 5.32 Å². The Labute approximate surface area is 118 Å². The number of aryl methyl sites for hydroxylation is 2. The highest BCUT2D eigenvalue weighted by molar-refractivity contribution is 7.18. The van der Waals surface area contributed by atoms with Crippen LogP contribution in [-0.4, -0.2) is 16.0 Å². The standard InChI is InChI=1S/C15H21N3S/c1-9-4-6-12(7-5-9)18-13-8-10(2)16-15-14(13)17-11(3)19-15/h8-9,12H,4-7H2,1-3H3,(H,16,18)/t9-,12-. The van der Waals surface area contributed by atoms with Crippen LogP contribution in [-0.2, 0) is 0 Å². The average molecular weight is 275 g/mol. The van der Waals surface area contributed by atoms with Crippen molar-refractivity contribution in [3.05, 3.63) is 16.8 Å². The van der Waals surface area contributed by atoms with Crippen molar-refractivity contribution < 1.29 is 0 Å². The number of hydrogen-bond acceptors (Lipinski definition) is 4. The molecule has 0 saturated heterocycles. The van der Waals surface area contributed by atoms with Gasteiger partial charge in [-0.2, -0.15) is 0 Å². The van der Waals surface area contributed by atoms with Gasteiger partial charge in [0.15, 0.2) is 0 Å². The Morgan fingerprint density at radius 1 is 1.16 bits per heavy atom. The zero-order chi connectivity index (χ0) is 13.4. The Bertz CT molecular complexity index is 582. The molecule has 0 amide bonds. The minimum atomic E-state index is 0.600. The van der Waals surface area contributed by atoms with Crippen LogP contribution in [0.1, 0.15) is 43.3 Å². The third kappa shape index (κ3) is 2.73. The molecule has 2 aromatic rings. The summed E-state index contributed by atoms with van der Waals surface area (Å²) in [5, 5.41) is 4.79. The van der Waals surface area contributed by atoms with Gasteiger partial charge >= 0.3 is 0 Å². The van der Waals surface area contributed by atoms with Gasteiger partial charge in [0.25, 0.3) is 0 Å². The lowest BCUT2D eigenvalue weighted by Gasteiger charge is -2.27. The maximum atomic E-state index is 4.63. The van der Waals surface area contributed by atoms with Crippen molar-refractivity contribution in [3.63, 3.8) is 0 Å². The SMILES string of the molecule is Cc1cc(N[C@H]2CC[C@H](C)CC2)c2nc(C)sc2n1. The van der Waals surface area contributed by atoms with Crippen molar-refractivity contribution in [3.8, 4) is 0 Å². The molecule has 1 saturated carbocycles. The number of fused-ring (bicyclic) bond motifs is 1. The zero-order valence-electron chi connectivity index (χ0n) is 11.9. The van der Waals surface area contributed by atoms with Gasteiger partial charge in [0.05, 0.1) is 10.7 Å². The molecule has 1 fully saturated rings. The number of nitrogens with one attached hydrogen (secondary N) is 1. The Kier molecular flexibility index (Phi) is 3.44. The van der Waals surface area contributed by atoms with E-state index in [9.17, 15) is 0 Å². The Morgan fingerprint density at radius 3 is 2.63 bits per heavy atom. The lowest BCUT2D eigenvalue weighted by atomic mass is 9.87. The van der Waals surface area contributed by atoms with Crippen LogP contribution in [0.2, 0.25) is 0 Å². The second-order valence-electron chi connectivity index (χ2n) is 5.80. The van der Waals surface area contributed by atoms with E-state index in [4.69, 9.17) is 0 Å². The van der Waals surface area contributed by atoms with Gasteiger partial charge in [-0.15, -0.1) is 0 Å². The van der Waals surface area contributed by atoms with E-state index in [0.717, 1.165) is 27.0 Å². The zero-order valence-corrected chi connectivity index (χ0v) is 12.7. The molecule has 2 aromatic heterocycles. The van der Waals surface area contributed by atoms with Gasteiger partial charge in [-0.3, -0.25) is 0 Å². The summed E-state index contributed by atoms with van der Waals surface area (Å²) in [6.07, 6.45) is 5.21. The molecule has 1 N–H and O–H groups in total. The third-order valence-electron chi connectivity index (χ3n) is 3.98. The van der Waals surface area contributed by atoms with Crippen molar-refractivity contribution in [1.29, 1.82) is 0 Å². The van der Waals surface area contributed by atoms with E-state index < -0.39 is 0 Å². The molecule has 3 nitrogen and oxygen atoms in total. The number of nitrogens with zero attached hydrogens (tertiary/aromatic N) is 2. The largest absolute Gasteiger partial charge is 0.380 e. The predicted molar refractivity (Wildman–Crippen MR) is 81.9 cm³/mol. The molecule has 4 heteroatoms. The Morgan fingerprint density at radius 2 is 1.89 bits per heavy atom. The van der Waals surface area contributed by atoms with Crippen LogP contribution in [0.25, 0.3) is 10.3 Å². The van der Waals surface area contributed by atoms with E-state index in [2.05, 4.69) is 35.2 Å². The predicted octanol–water partition coefficient (Wildman–Crippen LogP) is 4.30. The first-order chi connectivity index (χ1) is 9.11. The van der Waals surface area contributed by atoms with Crippen LogP contribution in [0.4, 0.5) is 5.69 Å². The fourth-order valence-corrected chi connectivity index (χ4v) is 3.73. The van der Waals surface area contributed by atoms with Crippen molar-refractivity contribution in [2.75, 3.05) is 5.32 Å². The number of anilines is 1. The van der Waals surface area contributed by atoms with E-state index in [1.54, 1.807) is 11.3 Å². The minimum Gasteiger partial charge on any atom is -0.380 e. The van der Waals surface area contributed by atoms with Crippen molar-refractivity contribution >= 4 is 27.4 Å². The minimum absolute atomic E-state index is 0.600. The van der Waals surface area contributed by atoms with Gasteiger partial charge in [0, 0.05) is 11.7 Å². The highest BCUT2D eigenvalue weighted by atomic mass is 32.1. The number of thiazole rings is 1. The van der Waals surface area contributed by atoms with Gasteiger partial charge in [-0.25, -0.2) is 9.97 Å². The van der Waals surface area contributed by atoms with Gasteiger partial charge in [0.1, 0.15) is 10.3 Å². The molecule has 19 heavy (non-hydrogen) atoms. The first kappa shape index (κ1) is 12.9. The third-order valence-corrected chi connectivity index (χ3v) is 4.84. The molecule has 0 radical (unpaired) electrons. The average Bonchev–Trinajstić information content (AvgIpc) is 2.72. The second-order valence-corrected chi connectivity index (χ2v) is 6.98. The number of pyridine rings is 1. The Hall–Kier alpha value is -1.16. The molecule has 0 aromatic carbocycles. The van der Waals surface area contributed by atoms with Crippen molar-refractivity contribution in [2.24, 2.45) is 5.92 Å². The fourth-order valence-electron chi connectivity index (χ4n) is 2.87. The van der Waals surface area contributed by atoms with E-state index in [-0.39, 0.29) is 0 Å². The molecule has 0 unspecified atom stereocenters. The maximum Gasteiger partial charge on any atom is 0.145 e. The van der Waals surface area contributed by atoms with E-state index >= 15 is 0 Å². The van der Waals surface area contributed by atoms with E-state index in [0.29, 0.717) is 6.04 Å². The smallest absolute Gasteiger partial charge is 0.145 e. The van der Waals surface area contributed by atoms with Gasteiger partial charge in [0.2, 0.25) is 0 Å². The summed E-state index contributed by atoms with van der Waals surface area (Å²) in [5.74, 6) is 0.888. The molecular weight excluding hydrogens is 254 g/mol. The summed E-state index contributed by atoms with van der Waals surface area (Å²) in [5.41, 5.74) is 3.29. The number of rotatable bonds is 2. The lowest BCUT2D eigenvalue weighted by molar-refractivity contribution is 0.361. The normalized spacial score (nSPS) is 23.7. The molecule has 1 aliphatic rings. The number of aromatic nitrogens is 2. The van der Waals surface area contributed by atoms with Gasteiger partial charge in [-0.05, 0) is 51.5 Å². The molecule has 0 bridgehead atoms. The lowest BCUT2D eigenvalue weighted by Crippen LogP contribution is -2.25. The molecule has 3 rings (SSSR count). The quantitative estimate of drug-likeness (QED) is 0.888. The van der Waals surface area contributed by atoms with Crippen LogP contribution >= 0.6 is 11.3 Å².